The number of rotatable bonds is 2. The van der Waals surface area contributed by atoms with E-state index in [0.29, 0.717) is 6.42 Å². The van der Waals surface area contributed by atoms with Crippen molar-refractivity contribution in [1.82, 2.24) is 15.5 Å². The minimum Gasteiger partial charge on any atom is -0.391 e. The van der Waals surface area contributed by atoms with E-state index in [1.807, 2.05) is 0 Å². The molecule has 0 saturated heterocycles. The summed E-state index contributed by atoms with van der Waals surface area (Å²) in [5, 5.41) is 18.3. The maximum atomic E-state index is 11.8. The summed E-state index contributed by atoms with van der Waals surface area (Å²) in [7, 11) is 0. The van der Waals surface area contributed by atoms with E-state index in [-0.39, 0.29) is 23.2 Å². The summed E-state index contributed by atoms with van der Waals surface area (Å²) in [6.07, 6.45) is 2.99. The van der Waals surface area contributed by atoms with Crippen LogP contribution in [0.25, 0.3) is 0 Å². The van der Waals surface area contributed by atoms with E-state index >= 15 is 0 Å². The van der Waals surface area contributed by atoms with Crippen LogP contribution in [-0.4, -0.2) is 33.4 Å². The van der Waals surface area contributed by atoms with Crippen molar-refractivity contribution in [3.63, 3.8) is 0 Å². The number of amides is 1. The standard InChI is InChI=1S/C11H15N3O3/c15-9-4-2-1-3-7(9)12-11(17)8-5-6-10(16)14-13-8/h5-7,9,15H,1-4H2,(H,12,17)(H,14,16). The van der Waals surface area contributed by atoms with Crippen molar-refractivity contribution in [3.8, 4) is 0 Å². The average Bonchev–Trinajstić information content (AvgIpc) is 2.33. The maximum Gasteiger partial charge on any atom is 0.272 e. The van der Waals surface area contributed by atoms with Crippen molar-refractivity contribution >= 4 is 5.91 Å². The molecule has 1 fully saturated rings. The van der Waals surface area contributed by atoms with Crippen molar-refractivity contribution in [2.75, 3.05) is 0 Å². The van der Waals surface area contributed by atoms with Crippen LogP contribution in [0, 0.1) is 0 Å². The van der Waals surface area contributed by atoms with Gasteiger partial charge in [0.2, 0.25) is 0 Å². The zero-order valence-electron chi connectivity index (χ0n) is 9.35. The molecule has 1 aromatic rings. The lowest BCUT2D eigenvalue weighted by Crippen LogP contribution is -2.45. The molecule has 17 heavy (non-hydrogen) atoms. The first-order valence-corrected chi connectivity index (χ1v) is 5.71. The number of carbonyl (C=O) groups excluding carboxylic acids is 1. The van der Waals surface area contributed by atoms with Gasteiger partial charge in [0.05, 0.1) is 12.1 Å². The molecule has 1 saturated carbocycles. The largest absolute Gasteiger partial charge is 0.391 e. The Morgan fingerprint density at radius 3 is 2.82 bits per heavy atom. The van der Waals surface area contributed by atoms with Crippen LogP contribution in [-0.2, 0) is 0 Å². The predicted octanol–water partition coefficient (Wildman–Crippen LogP) is -0.197. The molecule has 2 rings (SSSR count). The molecule has 1 amide bonds. The molecule has 0 aliphatic heterocycles. The van der Waals surface area contributed by atoms with E-state index < -0.39 is 6.10 Å². The molecule has 1 heterocycles. The first-order chi connectivity index (χ1) is 8.16. The van der Waals surface area contributed by atoms with Gasteiger partial charge in [-0.25, -0.2) is 5.10 Å². The van der Waals surface area contributed by atoms with E-state index in [1.165, 1.54) is 12.1 Å². The molecular formula is C11H15N3O3. The zero-order chi connectivity index (χ0) is 12.3. The number of nitrogens with zero attached hydrogens (tertiary/aromatic N) is 1. The second-order valence-electron chi connectivity index (χ2n) is 4.24. The second kappa shape index (κ2) is 5.09. The number of H-pyrrole nitrogens is 1. The fourth-order valence-electron chi connectivity index (χ4n) is 1.99. The topological polar surface area (TPSA) is 95.1 Å². The predicted molar refractivity (Wildman–Crippen MR) is 60.6 cm³/mol. The summed E-state index contributed by atoms with van der Waals surface area (Å²) in [5.41, 5.74) is -0.193. The highest BCUT2D eigenvalue weighted by molar-refractivity contribution is 5.92. The van der Waals surface area contributed by atoms with Crippen LogP contribution in [0.15, 0.2) is 16.9 Å². The normalized spacial score (nSPS) is 24.3. The monoisotopic (exact) mass is 237 g/mol. The number of aromatic nitrogens is 2. The van der Waals surface area contributed by atoms with Crippen LogP contribution >= 0.6 is 0 Å². The van der Waals surface area contributed by atoms with Gasteiger partial charge in [-0.15, -0.1) is 0 Å². The summed E-state index contributed by atoms with van der Waals surface area (Å²) < 4.78 is 0. The smallest absolute Gasteiger partial charge is 0.272 e. The number of aliphatic hydroxyl groups is 1. The highest BCUT2D eigenvalue weighted by Gasteiger charge is 2.25. The van der Waals surface area contributed by atoms with Gasteiger partial charge in [0.1, 0.15) is 5.69 Å². The lowest BCUT2D eigenvalue weighted by atomic mass is 9.92. The van der Waals surface area contributed by atoms with Crippen LogP contribution in [0.5, 0.6) is 0 Å². The van der Waals surface area contributed by atoms with Gasteiger partial charge in [-0.05, 0) is 18.9 Å². The molecular weight excluding hydrogens is 222 g/mol. The van der Waals surface area contributed by atoms with E-state index in [0.717, 1.165) is 19.3 Å². The first-order valence-electron chi connectivity index (χ1n) is 5.71. The summed E-state index contributed by atoms with van der Waals surface area (Å²) in [6, 6.07) is 2.40. The zero-order valence-corrected chi connectivity index (χ0v) is 9.35. The molecule has 0 aromatic carbocycles. The van der Waals surface area contributed by atoms with Crippen molar-refractivity contribution in [2.24, 2.45) is 0 Å². The quantitative estimate of drug-likeness (QED) is 0.664. The van der Waals surface area contributed by atoms with E-state index in [1.54, 1.807) is 0 Å². The fraction of sp³-hybridized carbons (Fsp3) is 0.545. The number of hydrogen-bond donors (Lipinski definition) is 3. The number of carbonyl (C=O) groups is 1. The Bertz CT molecular complexity index is 437. The maximum absolute atomic E-state index is 11.8. The van der Waals surface area contributed by atoms with Crippen LogP contribution < -0.4 is 10.9 Å². The third-order valence-electron chi connectivity index (χ3n) is 2.96. The lowest BCUT2D eigenvalue weighted by molar-refractivity contribution is 0.0713. The Balaban J connectivity index is 2.01. The lowest BCUT2D eigenvalue weighted by Gasteiger charge is -2.28. The summed E-state index contributed by atoms with van der Waals surface area (Å²) in [4.78, 5) is 22.6. The van der Waals surface area contributed by atoms with Crippen LogP contribution in [0.1, 0.15) is 36.2 Å². The van der Waals surface area contributed by atoms with E-state index in [9.17, 15) is 14.7 Å². The van der Waals surface area contributed by atoms with E-state index in [2.05, 4.69) is 15.5 Å². The van der Waals surface area contributed by atoms with Gasteiger partial charge in [-0.2, -0.15) is 5.10 Å². The second-order valence-corrected chi connectivity index (χ2v) is 4.24. The van der Waals surface area contributed by atoms with Crippen molar-refractivity contribution in [3.05, 3.63) is 28.2 Å². The van der Waals surface area contributed by atoms with Gasteiger partial charge in [-0.1, -0.05) is 12.8 Å². The van der Waals surface area contributed by atoms with Gasteiger partial charge < -0.3 is 10.4 Å². The number of aliphatic hydroxyl groups excluding tert-OH is 1. The van der Waals surface area contributed by atoms with Gasteiger partial charge in [-0.3, -0.25) is 9.59 Å². The molecule has 2 atom stereocenters. The van der Waals surface area contributed by atoms with Crippen molar-refractivity contribution in [1.29, 1.82) is 0 Å². The van der Waals surface area contributed by atoms with Crippen molar-refractivity contribution in [2.45, 2.75) is 37.8 Å². The SMILES string of the molecule is O=C(NC1CCCCC1O)c1ccc(=O)[nH]n1. The number of hydrogen-bond acceptors (Lipinski definition) is 4. The summed E-state index contributed by atoms with van der Waals surface area (Å²) in [5.74, 6) is -0.368. The molecule has 92 valence electrons. The third-order valence-corrected chi connectivity index (χ3v) is 2.96. The first kappa shape index (κ1) is 11.8. The van der Waals surface area contributed by atoms with Crippen LogP contribution in [0.2, 0.25) is 0 Å². The Labute approximate surface area is 98.1 Å². The molecule has 3 N–H and O–H groups in total. The molecule has 1 aliphatic rings. The van der Waals surface area contributed by atoms with Crippen LogP contribution in [0.4, 0.5) is 0 Å². The molecule has 1 aromatic heterocycles. The van der Waals surface area contributed by atoms with Gasteiger partial charge >= 0.3 is 0 Å². The third kappa shape index (κ3) is 2.91. The summed E-state index contributed by atoms with van der Waals surface area (Å²) in [6.45, 7) is 0. The fourth-order valence-corrected chi connectivity index (χ4v) is 1.99. The van der Waals surface area contributed by atoms with Gasteiger partial charge in [0.15, 0.2) is 0 Å². The minimum atomic E-state index is -0.490. The highest BCUT2D eigenvalue weighted by atomic mass is 16.3. The van der Waals surface area contributed by atoms with Gasteiger partial charge in [0.25, 0.3) is 11.5 Å². The molecule has 6 heteroatoms. The molecule has 0 radical (unpaired) electrons. The van der Waals surface area contributed by atoms with Crippen LogP contribution in [0.3, 0.4) is 0 Å². The Morgan fingerprint density at radius 2 is 2.18 bits per heavy atom. The number of aromatic amines is 1. The summed E-state index contributed by atoms with van der Waals surface area (Å²) >= 11 is 0. The molecule has 1 aliphatic carbocycles. The Hall–Kier alpha value is -1.69. The van der Waals surface area contributed by atoms with Gasteiger partial charge in [0, 0.05) is 6.07 Å². The number of nitrogens with one attached hydrogen (secondary N) is 2. The molecule has 2 unspecified atom stereocenters. The minimum absolute atomic E-state index is 0.155. The van der Waals surface area contributed by atoms with Crippen molar-refractivity contribution < 1.29 is 9.90 Å². The molecule has 0 spiro atoms. The van der Waals surface area contributed by atoms with E-state index in [4.69, 9.17) is 0 Å². The molecule has 0 bridgehead atoms. The Kier molecular flexibility index (Phi) is 3.53. The Morgan fingerprint density at radius 1 is 1.41 bits per heavy atom. The highest BCUT2D eigenvalue weighted by Crippen LogP contribution is 2.18. The molecule has 6 nitrogen and oxygen atoms in total. The average molecular weight is 237 g/mol.